The Hall–Kier alpha value is -1.39. The Balaban J connectivity index is 0.00000392. The van der Waals surface area contributed by atoms with E-state index in [-0.39, 0.29) is 36.0 Å². The van der Waals surface area contributed by atoms with Crippen LogP contribution in [-0.4, -0.2) is 64.5 Å². The Morgan fingerprint density at radius 3 is 2.75 bits per heavy atom. The molecule has 1 amide bonds. The van der Waals surface area contributed by atoms with Crippen LogP contribution >= 0.6 is 24.0 Å². The molecule has 0 aromatic heterocycles. The average molecular weight is 504 g/mol. The fourth-order valence-electron chi connectivity index (χ4n) is 2.84. The third kappa shape index (κ3) is 9.70. The van der Waals surface area contributed by atoms with Crippen molar-refractivity contribution in [1.29, 1.82) is 0 Å². The maximum Gasteiger partial charge on any atom is 0.251 e. The van der Waals surface area contributed by atoms with Crippen molar-refractivity contribution in [2.75, 3.05) is 46.5 Å². The summed E-state index contributed by atoms with van der Waals surface area (Å²) in [7, 11) is 1.73. The minimum atomic E-state index is -0.0631. The van der Waals surface area contributed by atoms with Crippen molar-refractivity contribution in [3.05, 3.63) is 35.4 Å². The van der Waals surface area contributed by atoms with Crippen LogP contribution in [0.4, 0.5) is 0 Å². The first-order valence-corrected chi connectivity index (χ1v) is 9.68. The largest absolute Gasteiger partial charge is 0.379 e. The summed E-state index contributed by atoms with van der Waals surface area (Å²) in [5.74, 6) is 0.658. The standard InChI is InChI=1S/C20H32N4O3.HI/c1-16-6-3-7-17(14-16)19(25)22-10-11-24-20(21-2)23-9-5-12-26-15-18-8-4-13-27-18;/h3,6-7,14,18H,4-5,8-13,15H2,1-2H3,(H,22,25)(H2,21,23,24);1H. The van der Waals surface area contributed by atoms with Crippen LogP contribution in [-0.2, 0) is 9.47 Å². The molecule has 0 saturated carbocycles. The number of ether oxygens (including phenoxy) is 2. The zero-order valence-electron chi connectivity index (χ0n) is 16.8. The van der Waals surface area contributed by atoms with Gasteiger partial charge in [-0.1, -0.05) is 17.7 Å². The number of aliphatic imine (C=N–C) groups is 1. The maximum atomic E-state index is 12.1. The van der Waals surface area contributed by atoms with E-state index in [0.29, 0.717) is 31.9 Å². The number of halogens is 1. The van der Waals surface area contributed by atoms with Crippen LogP contribution in [0.5, 0.6) is 0 Å². The van der Waals surface area contributed by atoms with E-state index >= 15 is 0 Å². The van der Waals surface area contributed by atoms with Crippen LogP contribution in [0.2, 0.25) is 0 Å². The second-order valence-electron chi connectivity index (χ2n) is 6.61. The molecule has 158 valence electrons. The molecule has 1 aliphatic rings. The van der Waals surface area contributed by atoms with E-state index in [4.69, 9.17) is 9.47 Å². The average Bonchev–Trinajstić information content (AvgIpc) is 3.19. The molecule has 0 aliphatic carbocycles. The highest BCUT2D eigenvalue weighted by molar-refractivity contribution is 14.0. The monoisotopic (exact) mass is 504 g/mol. The predicted octanol–water partition coefficient (Wildman–Crippen LogP) is 2.09. The van der Waals surface area contributed by atoms with Crippen LogP contribution in [0.1, 0.15) is 35.2 Å². The van der Waals surface area contributed by atoms with Gasteiger partial charge in [0.25, 0.3) is 5.91 Å². The Morgan fingerprint density at radius 2 is 2.04 bits per heavy atom. The number of aryl methyl sites for hydroxylation is 1. The van der Waals surface area contributed by atoms with Gasteiger partial charge in [0.05, 0.1) is 12.7 Å². The van der Waals surface area contributed by atoms with Gasteiger partial charge in [-0.3, -0.25) is 9.79 Å². The molecule has 8 heteroatoms. The molecule has 0 radical (unpaired) electrons. The van der Waals surface area contributed by atoms with Crippen molar-refractivity contribution >= 4 is 35.8 Å². The van der Waals surface area contributed by atoms with Gasteiger partial charge >= 0.3 is 0 Å². The first-order valence-electron chi connectivity index (χ1n) is 9.68. The molecule has 7 nitrogen and oxygen atoms in total. The summed E-state index contributed by atoms with van der Waals surface area (Å²) in [6, 6.07) is 7.56. The molecule has 1 saturated heterocycles. The number of hydrogen-bond donors (Lipinski definition) is 3. The van der Waals surface area contributed by atoms with E-state index in [1.54, 1.807) is 7.05 Å². The fraction of sp³-hybridized carbons (Fsp3) is 0.600. The van der Waals surface area contributed by atoms with Gasteiger partial charge in [0.15, 0.2) is 5.96 Å². The number of hydrogen-bond acceptors (Lipinski definition) is 4. The summed E-state index contributed by atoms with van der Waals surface area (Å²) in [4.78, 5) is 16.2. The van der Waals surface area contributed by atoms with E-state index in [2.05, 4.69) is 20.9 Å². The fourth-order valence-corrected chi connectivity index (χ4v) is 2.84. The molecule has 1 aromatic carbocycles. The van der Waals surface area contributed by atoms with Gasteiger partial charge in [0.2, 0.25) is 0 Å². The third-order valence-corrected chi connectivity index (χ3v) is 4.29. The topological polar surface area (TPSA) is 84.0 Å². The maximum absolute atomic E-state index is 12.1. The molecule has 0 bridgehead atoms. The molecular weight excluding hydrogens is 471 g/mol. The molecule has 2 rings (SSSR count). The lowest BCUT2D eigenvalue weighted by atomic mass is 10.1. The Kier molecular flexibility index (Phi) is 12.8. The molecule has 3 N–H and O–H groups in total. The number of benzene rings is 1. The lowest BCUT2D eigenvalue weighted by Gasteiger charge is -2.13. The zero-order valence-corrected chi connectivity index (χ0v) is 19.2. The van der Waals surface area contributed by atoms with Crippen molar-refractivity contribution in [3.63, 3.8) is 0 Å². The molecule has 1 aliphatic heterocycles. The number of nitrogens with one attached hydrogen (secondary N) is 3. The Morgan fingerprint density at radius 1 is 1.25 bits per heavy atom. The summed E-state index contributed by atoms with van der Waals surface area (Å²) < 4.78 is 11.2. The van der Waals surface area contributed by atoms with Gasteiger partial charge in [-0.25, -0.2) is 0 Å². The first kappa shape index (κ1) is 24.6. The number of carbonyl (C=O) groups excluding carboxylic acids is 1. The van der Waals surface area contributed by atoms with Crippen molar-refractivity contribution in [1.82, 2.24) is 16.0 Å². The molecule has 0 spiro atoms. The minimum Gasteiger partial charge on any atom is -0.379 e. The highest BCUT2D eigenvalue weighted by Gasteiger charge is 2.14. The summed E-state index contributed by atoms with van der Waals surface area (Å²) in [5.41, 5.74) is 1.76. The lowest BCUT2D eigenvalue weighted by molar-refractivity contribution is 0.0168. The van der Waals surface area contributed by atoms with E-state index < -0.39 is 0 Å². The number of nitrogens with zero attached hydrogens (tertiary/aromatic N) is 1. The first-order chi connectivity index (χ1) is 13.2. The van der Waals surface area contributed by atoms with E-state index in [1.807, 2.05) is 31.2 Å². The van der Waals surface area contributed by atoms with Gasteiger partial charge in [-0.05, 0) is 38.3 Å². The Labute approximate surface area is 185 Å². The molecular formula is C20H33IN4O3. The summed E-state index contributed by atoms with van der Waals surface area (Å²) in [6.45, 7) is 6.14. The zero-order chi connectivity index (χ0) is 19.3. The van der Waals surface area contributed by atoms with Gasteiger partial charge in [-0.15, -0.1) is 24.0 Å². The molecule has 28 heavy (non-hydrogen) atoms. The molecule has 1 unspecified atom stereocenters. The van der Waals surface area contributed by atoms with Crippen molar-refractivity contribution in [3.8, 4) is 0 Å². The molecule has 1 fully saturated rings. The van der Waals surface area contributed by atoms with Gasteiger partial charge in [-0.2, -0.15) is 0 Å². The van der Waals surface area contributed by atoms with Gasteiger partial charge < -0.3 is 25.4 Å². The second kappa shape index (κ2) is 14.6. The quantitative estimate of drug-likeness (QED) is 0.197. The van der Waals surface area contributed by atoms with Crippen LogP contribution in [0, 0.1) is 6.92 Å². The molecule has 1 aromatic rings. The summed E-state index contributed by atoms with van der Waals surface area (Å²) in [5, 5.41) is 9.33. The van der Waals surface area contributed by atoms with Crippen LogP contribution < -0.4 is 16.0 Å². The number of rotatable bonds is 10. The van der Waals surface area contributed by atoms with E-state index in [9.17, 15) is 4.79 Å². The Bertz CT molecular complexity index is 607. The lowest BCUT2D eigenvalue weighted by Crippen LogP contribution is -2.42. The summed E-state index contributed by atoms with van der Waals surface area (Å²) >= 11 is 0. The SMILES string of the molecule is CN=C(NCCCOCC1CCCO1)NCCNC(=O)c1cccc(C)c1.I. The van der Waals surface area contributed by atoms with Crippen molar-refractivity contribution in [2.45, 2.75) is 32.3 Å². The van der Waals surface area contributed by atoms with E-state index in [0.717, 1.165) is 43.9 Å². The van der Waals surface area contributed by atoms with Crippen LogP contribution in [0.25, 0.3) is 0 Å². The van der Waals surface area contributed by atoms with Crippen molar-refractivity contribution < 1.29 is 14.3 Å². The molecule has 1 heterocycles. The van der Waals surface area contributed by atoms with Crippen molar-refractivity contribution in [2.24, 2.45) is 4.99 Å². The summed E-state index contributed by atoms with van der Waals surface area (Å²) in [6.07, 6.45) is 3.43. The van der Waals surface area contributed by atoms with Crippen LogP contribution in [0.15, 0.2) is 29.3 Å². The van der Waals surface area contributed by atoms with E-state index in [1.165, 1.54) is 0 Å². The highest BCUT2D eigenvalue weighted by Crippen LogP contribution is 2.11. The minimum absolute atomic E-state index is 0. The molecule has 1 atom stereocenters. The number of guanidine groups is 1. The van der Waals surface area contributed by atoms with Gasteiger partial charge in [0.1, 0.15) is 0 Å². The number of amides is 1. The van der Waals surface area contributed by atoms with Gasteiger partial charge in [0, 0.05) is 45.5 Å². The highest BCUT2D eigenvalue weighted by atomic mass is 127. The van der Waals surface area contributed by atoms with Crippen LogP contribution in [0.3, 0.4) is 0 Å². The third-order valence-electron chi connectivity index (χ3n) is 4.29. The normalized spacial score (nSPS) is 16.4. The predicted molar refractivity (Wildman–Crippen MR) is 123 cm³/mol. The second-order valence-corrected chi connectivity index (χ2v) is 6.61. The smallest absolute Gasteiger partial charge is 0.251 e. The number of carbonyl (C=O) groups is 1.